The minimum absolute atomic E-state index is 0.695. The normalized spacial score (nSPS) is 14.3. The highest BCUT2D eigenvalue weighted by Gasteiger charge is 2.24. The van der Waals surface area contributed by atoms with Gasteiger partial charge in [0.15, 0.2) is 0 Å². The molecule has 2 aromatic heterocycles. The molecular formula is C18H16ClN3OS. The highest BCUT2D eigenvalue weighted by Crippen LogP contribution is 2.37. The predicted molar refractivity (Wildman–Crippen MR) is 101 cm³/mol. The summed E-state index contributed by atoms with van der Waals surface area (Å²) in [6.07, 6.45) is 1.98. The zero-order valence-electron chi connectivity index (χ0n) is 13.4. The van der Waals surface area contributed by atoms with Gasteiger partial charge in [0.1, 0.15) is 11.4 Å². The Morgan fingerprint density at radius 3 is 2.75 bits per heavy atom. The van der Waals surface area contributed by atoms with Crippen molar-refractivity contribution in [1.82, 2.24) is 9.38 Å². The highest BCUT2D eigenvalue weighted by atomic mass is 35.5. The first-order valence-electron chi connectivity index (χ1n) is 7.55. The molecule has 3 aromatic rings. The van der Waals surface area contributed by atoms with Gasteiger partial charge in [0, 0.05) is 23.0 Å². The van der Waals surface area contributed by atoms with Gasteiger partial charge in [-0.05, 0) is 42.7 Å². The van der Waals surface area contributed by atoms with Crippen LogP contribution in [0.3, 0.4) is 0 Å². The maximum Gasteiger partial charge on any atom is 0.139 e. The lowest BCUT2D eigenvalue weighted by Crippen LogP contribution is -2.18. The van der Waals surface area contributed by atoms with Crippen molar-refractivity contribution in [2.45, 2.75) is 6.92 Å². The van der Waals surface area contributed by atoms with Gasteiger partial charge in [-0.1, -0.05) is 11.6 Å². The molecule has 0 saturated carbocycles. The van der Waals surface area contributed by atoms with E-state index in [0.717, 1.165) is 40.0 Å². The van der Waals surface area contributed by atoms with E-state index in [1.807, 2.05) is 37.4 Å². The summed E-state index contributed by atoms with van der Waals surface area (Å²) in [6.45, 7) is 2.03. The summed E-state index contributed by atoms with van der Waals surface area (Å²) in [7, 11) is 1.68. The monoisotopic (exact) mass is 357 g/mol. The van der Waals surface area contributed by atoms with Gasteiger partial charge in [0.25, 0.3) is 0 Å². The lowest BCUT2D eigenvalue weighted by Gasteiger charge is -2.22. The molecule has 122 valence electrons. The number of hydrogen-bond acceptors (Lipinski definition) is 4. The zero-order valence-corrected chi connectivity index (χ0v) is 14.9. The van der Waals surface area contributed by atoms with Crippen molar-refractivity contribution >= 4 is 40.4 Å². The molecule has 4 rings (SSSR count). The number of imidazole rings is 1. The van der Waals surface area contributed by atoms with Gasteiger partial charge >= 0.3 is 0 Å². The molecule has 0 atom stereocenters. The second-order valence-electron chi connectivity index (χ2n) is 5.54. The third-order valence-corrected chi connectivity index (χ3v) is 5.11. The second kappa shape index (κ2) is 6.07. The number of hydrogen-bond donors (Lipinski definition) is 0. The topological polar surface area (TPSA) is 29.8 Å². The summed E-state index contributed by atoms with van der Waals surface area (Å²) < 4.78 is 7.35. The summed E-state index contributed by atoms with van der Waals surface area (Å²) in [4.78, 5) is 6.94. The third-order valence-electron chi connectivity index (χ3n) is 4.08. The molecule has 0 N–H and O–H groups in total. The first kappa shape index (κ1) is 15.4. The maximum absolute atomic E-state index is 6.10. The molecule has 0 aliphatic carbocycles. The molecular weight excluding hydrogens is 342 g/mol. The van der Waals surface area contributed by atoms with E-state index >= 15 is 0 Å². The molecule has 1 aliphatic rings. The summed E-state index contributed by atoms with van der Waals surface area (Å²) in [5, 5.41) is 2.88. The van der Waals surface area contributed by atoms with Crippen molar-refractivity contribution in [3.05, 3.63) is 64.4 Å². The standard InChI is InChI=1S/C18H16ClN3OS/c1-12-18(21-8-7-13(19)9-17(21)20-12)16-10-24-11-22(16)14-3-5-15(23-2)6-4-14/h3-10H,11H2,1-2H3. The SMILES string of the molecule is COc1ccc(N2CSC=C2c2c(C)nc3cc(Cl)ccn23)cc1. The van der Waals surface area contributed by atoms with E-state index in [9.17, 15) is 0 Å². The van der Waals surface area contributed by atoms with Gasteiger partial charge in [-0.3, -0.25) is 4.40 Å². The molecule has 24 heavy (non-hydrogen) atoms. The van der Waals surface area contributed by atoms with Crippen LogP contribution < -0.4 is 9.64 Å². The number of thioether (sulfide) groups is 1. The summed E-state index contributed by atoms with van der Waals surface area (Å²) >= 11 is 7.88. The Kier molecular flexibility index (Phi) is 3.90. The van der Waals surface area contributed by atoms with Crippen molar-refractivity contribution in [1.29, 1.82) is 0 Å². The van der Waals surface area contributed by atoms with Crippen molar-refractivity contribution in [3.8, 4) is 5.75 Å². The fourth-order valence-electron chi connectivity index (χ4n) is 2.93. The molecule has 3 heterocycles. The first-order chi connectivity index (χ1) is 11.7. The average molecular weight is 358 g/mol. The number of fused-ring (bicyclic) bond motifs is 1. The number of rotatable bonds is 3. The van der Waals surface area contributed by atoms with Crippen LogP contribution >= 0.6 is 23.4 Å². The van der Waals surface area contributed by atoms with Gasteiger partial charge in [0.05, 0.1) is 30.1 Å². The number of halogens is 1. The first-order valence-corrected chi connectivity index (χ1v) is 8.98. The summed E-state index contributed by atoms with van der Waals surface area (Å²) in [6, 6.07) is 11.9. The lowest BCUT2D eigenvalue weighted by atomic mass is 10.2. The molecule has 0 bridgehead atoms. The fourth-order valence-corrected chi connectivity index (χ4v) is 3.99. The lowest BCUT2D eigenvalue weighted by molar-refractivity contribution is 0.415. The molecule has 0 unspecified atom stereocenters. The quantitative estimate of drug-likeness (QED) is 0.672. The number of pyridine rings is 1. The summed E-state index contributed by atoms with van der Waals surface area (Å²) in [5.41, 5.74) is 5.24. The van der Waals surface area contributed by atoms with Gasteiger partial charge in [-0.2, -0.15) is 0 Å². The molecule has 6 heteroatoms. The molecule has 0 saturated heterocycles. The Balaban J connectivity index is 1.79. The second-order valence-corrected chi connectivity index (χ2v) is 6.81. The third kappa shape index (κ3) is 2.54. The smallest absolute Gasteiger partial charge is 0.139 e. The molecule has 0 fully saturated rings. The number of methoxy groups -OCH3 is 1. The number of anilines is 1. The van der Waals surface area contributed by atoms with Crippen LogP contribution in [0, 0.1) is 6.92 Å². The Labute approximate surface area is 149 Å². The van der Waals surface area contributed by atoms with Gasteiger partial charge < -0.3 is 9.64 Å². The van der Waals surface area contributed by atoms with E-state index in [1.54, 1.807) is 18.9 Å². The van der Waals surface area contributed by atoms with Crippen molar-refractivity contribution < 1.29 is 4.74 Å². The van der Waals surface area contributed by atoms with Crippen LogP contribution in [0.15, 0.2) is 48.0 Å². The number of ether oxygens (including phenoxy) is 1. The van der Waals surface area contributed by atoms with E-state index in [2.05, 4.69) is 31.8 Å². The number of benzene rings is 1. The van der Waals surface area contributed by atoms with Crippen LogP contribution in [0.4, 0.5) is 5.69 Å². The van der Waals surface area contributed by atoms with Crippen molar-refractivity contribution in [2.24, 2.45) is 0 Å². The molecule has 1 aliphatic heterocycles. The Morgan fingerprint density at radius 1 is 1.21 bits per heavy atom. The minimum Gasteiger partial charge on any atom is -0.497 e. The predicted octanol–water partition coefficient (Wildman–Crippen LogP) is 4.81. The van der Waals surface area contributed by atoms with E-state index in [0.29, 0.717) is 5.02 Å². The van der Waals surface area contributed by atoms with E-state index in [4.69, 9.17) is 16.3 Å². The van der Waals surface area contributed by atoms with Crippen LogP contribution in [0.1, 0.15) is 11.4 Å². The summed E-state index contributed by atoms with van der Waals surface area (Å²) in [5.74, 6) is 1.74. The Hall–Kier alpha value is -2.11. The molecule has 4 nitrogen and oxygen atoms in total. The molecule has 0 radical (unpaired) electrons. The molecule has 0 amide bonds. The van der Waals surface area contributed by atoms with Gasteiger partial charge in [-0.15, -0.1) is 11.8 Å². The Morgan fingerprint density at radius 2 is 2.00 bits per heavy atom. The van der Waals surface area contributed by atoms with E-state index in [1.165, 1.54) is 0 Å². The van der Waals surface area contributed by atoms with Gasteiger partial charge in [-0.25, -0.2) is 4.98 Å². The van der Waals surface area contributed by atoms with Crippen LogP contribution in [-0.2, 0) is 0 Å². The van der Waals surface area contributed by atoms with Crippen LogP contribution in [-0.4, -0.2) is 22.4 Å². The average Bonchev–Trinajstić information content (AvgIpc) is 3.17. The van der Waals surface area contributed by atoms with Crippen molar-refractivity contribution in [3.63, 3.8) is 0 Å². The minimum atomic E-state index is 0.695. The largest absolute Gasteiger partial charge is 0.497 e. The van der Waals surface area contributed by atoms with E-state index in [-0.39, 0.29) is 0 Å². The number of aryl methyl sites for hydroxylation is 1. The molecule has 1 aromatic carbocycles. The maximum atomic E-state index is 6.10. The Bertz CT molecular complexity index is 933. The van der Waals surface area contributed by atoms with E-state index < -0.39 is 0 Å². The van der Waals surface area contributed by atoms with Crippen LogP contribution in [0.2, 0.25) is 5.02 Å². The molecule has 0 spiro atoms. The van der Waals surface area contributed by atoms with Crippen LogP contribution in [0.25, 0.3) is 11.3 Å². The number of aromatic nitrogens is 2. The van der Waals surface area contributed by atoms with Crippen LogP contribution in [0.5, 0.6) is 5.75 Å². The zero-order chi connectivity index (χ0) is 16.7. The highest BCUT2D eigenvalue weighted by molar-refractivity contribution is 8.02. The van der Waals surface area contributed by atoms with Crippen molar-refractivity contribution in [2.75, 3.05) is 17.9 Å². The number of nitrogens with zero attached hydrogens (tertiary/aromatic N) is 3. The fraction of sp³-hybridized carbons (Fsp3) is 0.167. The van der Waals surface area contributed by atoms with Gasteiger partial charge in [0.2, 0.25) is 0 Å².